The van der Waals surface area contributed by atoms with Crippen LogP contribution in [0.15, 0.2) is 46.0 Å². The number of nitrogens with zero attached hydrogens (tertiary/aromatic N) is 2. The zero-order chi connectivity index (χ0) is 15.4. The second kappa shape index (κ2) is 6.78. The molecule has 0 spiro atoms. The first-order valence-corrected chi connectivity index (χ1v) is 7.73. The summed E-state index contributed by atoms with van der Waals surface area (Å²) in [7, 11) is 3.10. The van der Waals surface area contributed by atoms with E-state index in [4.69, 9.17) is 0 Å². The molecular weight excluding hydrogens is 288 g/mol. The summed E-state index contributed by atoms with van der Waals surface area (Å²) in [5.74, 6) is 1.01. The molecule has 0 aliphatic rings. The van der Waals surface area contributed by atoms with Crippen LogP contribution in [-0.2, 0) is 19.8 Å². The third-order valence-corrected chi connectivity index (χ3v) is 4.39. The lowest BCUT2D eigenvalue weighted by Gasteiger charge is -2.12. The highest BCUT2D eigenvalue weighted by Gasteiger charge is 2.09. The van der Waals surface area contributed by atoms with E-state index in [0.29, 0.717) is 17.2 Å². The van der Waals surface area contributed by atoms with Crippen LogP contribution in [0.5, 0.6) is 0 Å². The lowest BCUT2D eigenvalue weighted by molar-refractivity contribution is 0.204. The summed E-state index contributed by atoms with van der Waals surface area (Å²) in [5, 5.41) is 10.1. The average molecular weight is 306 g/mol. The summed E-state index contributed by atoms with van der Waals surface area (Å²) in [5.41, 5.74) is 0.884. The summed E-state index contributed by atoms with van der Waals surface area (Å²) in [4.78, 5) is 23.4. The third-order valence-electron chi connectivity index (χ3n) is 3.34. The van der Waals surface area contributed by atoms with Crippen LogP contribution in [-0.4, -0.2) is 20.0 Å². The molecule has 0 saturated heterocycles. The molecule has 0 aliphatic heterocycles. The van der Waals surface area contributed by atoms with Crippen LogP contribution in [0.4, 0.5) is 0 Å². The molecule has 1 aromatic heterocycles. The highest BCUT2D eigenvalue weighted by Crippen LogP contribution is 2.20. The fourth-order valence-corrected chi connectivity index (χ4v) is 2.98. The maximum Gasteiger partial charge on any atom is 0.330 e. The molecular formula is C15H18N2O3S. The van der Waals surface area contributed by atoms with Gasteiger partial charge in [-0.15, -0.1) is 0 Å². The van der Waals surface area contributed by atoms with E-state index in [1.165, 1.54) is 29.4 Å². The van der Waals surface area contributed by atoms with Gasteiger partial charge in [0.2, 0.25) is 0 Å². The van der Waals surface area contributed by atoms with Crippen LogP contribution in [0.1, 0.15) is 17.4 Å². The number of aliphatic hydroxyl groups excluding tert-OH is 1. The molecule has 0 bridgehead atoms. The molecule has 1 unspecified atom stereocenters. The van der Waals surface area contributed by atoms with E-state index in [1.807, 2.05) is 30.3 Å². The summed E-state index contributed by atoms with van der Waals surface area (Å²) in [6, 6.07) is 10.9. The maximum atomic E-state index is 11.8. The lowest BCUT2D eigenvalue weighted by Crippen LogP contribution is -2.37. The molecule has 112 valence electrons. The minimum atomic E-state index is -0.556. The Morgan fingerprint density at radius 2 is 1.81 bits per heavy atom. The van der Waals surface area contributed by atoms with Gasteiger partial charge in [0.05, 0.1) is 6.10 Å². The molecule has 2 rings (SSSR count). The van der Waals surface area contributed by atoms with Gasteiger partial charge < -0.3 is 5.11 Å². The summed E-state index contributed by atoms with van der Waals surface area (Å²) >= 11 is 1.49. The number of hydrogen-bond donors (Lipinski definition) is 1. The Balaban J connectivity index is 2.02. The summed E-state index contributed by atoms with van der Waals surface area (Å²) in [6.07, 6.45) is -0.556. The van der Waals surface area contributed by atoms with Crippen LogP contribution in [0.25, 0.3) is 0 Å². The molecule has 6 heteroatoms. The van der Waals surface area contributed by atoms with Crippen molar-refractivity contribution in [3.05, 3.63) is 68.5 Å². The SMILES string of the molecule is Cn1c(CSCC(O)c2ccccc2)cc(=O)n(C)c1=O. The smallest absolute Gasteiger partial charge is 0.330 e. The van der Waals surface area contributed by atoms with E-state index in [9.17, 15) is 14.7 Å². The van der Waals surface area contributed by atoms with Crippen molar-refractivity contribution in [3.63, 3.8) is 0 Å². The number of aliphatic hydroxyl groups is 1. The van der Waals surface area contributed by atoms with Gasteiger partial charge in [0, 0.05) is 37.4 Å². The van der Waals surface area contributed by atoms with Gasteiger partial charge in [0.1, 0.15) is 0 Å². The van der Waals surface area contributed by atoms with Gasteiger partial charge >= 0.3 is 5.69 Å². The third kappa shape index (κ3) is 3.65. The van der Waals surface area contributed by atoms with Gasteiger partial charge in [-0.25, -0.2) is 4.79 Å². The summed E-state index contributed by atoms with van der Waals surface area (Å²) in [6.45, 7) is 0. The molecule has 0 radical (unpaired) electrons. The number of benzene rings is 1. The van der Waals surface area contributed by atoms with Crippen molar-refractivity contribution >= 4 is 11.8 Å². The first kappa shape index (κ1) is 15.6. The minimum Gasteiger partial charge on any atom is -0.388 e. The van der Waals surface area contributed by atoms with E-state index in [1.54, 1.807) is 7.05 Å². The van der Waals surface area contributed by atoms with Gasteiger partial charge in [-0.1, -0.05) is 30.3 Å². The van der Waals surface area contributed by atoms with E-state index in [0.717, 1.165) is 10.1 Å². The second-order valence-electron chi connectivity index (χ2n) is 4.82. The zero-order valence-electron chi connectivity index (χ0n) is 12.0. The Morgan fingerprint density at radius 3 is 2.48 bits per heavy atom. The number of thioether (sulfide) groups is 1. The predicted molar refractivity (Wildman–Crippen MR) is 84.5 cm³/mol. The van der Waals surface area contributed by atoms with Crippen molar-refractivity contribution in [2.24, 2.45) is 14.1 Å². The molecule has 1 atom stereocenters. The maximum absolute atomic E-state index is 11.8. The molecule has 21 heavy (non-hydrogen) atoms. The van der Waals surface area contributed by atoms with E-state index in [2.05, 4.69) is 0 Å². The van der Waals surface area contributed by atoms with Crippen molar-refractivity contribution in [2.75, 3.05) is 5.75 Å². The summed E-state index contributed by atoms with van der Waals surface area (Å²) < 4.78 is 2.54. The highest BCUT2D eigenvalue weighted by atomic mass is 32.2. The van der Waals surface area contributed by atoms with Gasteiger partial charge in [-0.05, 0) is 5.56 Å². The lowest BCUT2D eigenvalue weighted by atomic mass is 10.1. The van der Waals surface area contributed by atoms with Crippen molar-refractivity contribution in [1.82, 2.24) is 9.13 Å². The monoisotopic (exact) mass is 306 g/mol. The molecule has 0 aliphatic carbocycles. The van der Waals surface area contributed by atoms with E-state index >= 15 is 0 Å². The van der Waals surface area contributed by atoms with E-state index < -0.39 is 6.10 Å². The Labute approximate surface area is 126 Å². The van der Waals surface area contributed by atoms with Crippen molar-refractivity contribution in [1.29, 1.82) is 0 Å². The number of rotatable bonds is 5. The van der Waals surface area contributed by atoms with Crippen molar-refractivity contribution < 1.29 is 5.11 Å². The molecule has 0 amide bonds. The van der Waals surface area contributed by atoms with Gasteiger partial charge in [0.15, 0.2) is 0 Å². The van der Waals surface area contributed by atoms with Crippen molar-refractivity contribution in [3.8, 4) is 0 Å². The van der Waals surface area contributed by atoms with Crippen LogP contribution < -0.4 is 11.2 Å². The van der Waals surface area contributed by atoms with Crippen LogP contribution in [0.2, 0.25) is 0 Å². The molecule has 1 N–H and O–H groups in total. The van der Waals surface area contributed by atoms with Gasteiger partial charge in [-0.2, -0.15) is 11.8 Å². The van der Waals surface area contributed by atoms with Crippen molar-refractivity contribution in [2.45, 2.75) is 11.9 Å². The topological polar surface area (TPSA) is 64.2 Å². The molecule has 1 heterocycles. The molecule has 2 aromatic rings. The largest absolute Gasteiger partial charge is 0.388 e. The first-order chi connectivity index (χ1) is 10.0. The van der Waals surface area contributed by atoms with Crippen LogP contribution in [0, 0.1) is 0 Å². The Hall–Kier alpha value is -1.79. The van der Waals surface area contributed by atoms with E-state index in [-0.39, 0.29) is 11.2 Å². The Bertz CT molecular complexity index is 722. The first-order valence-electron chi connectivity index (χ1n) is 6.57. The quantitative estimate of drug-likeness (QED) is 0.897. The Kier molecular flexibility index (Phi) is 5.03. The number of aromatic nitrogens is 2. The van der Waals surface area contributed by atoms with Crippen LogP contribution in [0.3, 0.4) is 0 Å². The normalized spacial score (nSPS) is 12.3. The molecule has 0 fully saturated rings. The number of hydrogen-bond acceptors (Lipinski definition) is 4. The highest BCUT2D eigenvalue weighted by molar-refractivity contribution is 7.98. The molecule has 1 aromatic carbocycles. The minimum absolute atomic E-state index is 0.308. The second-order valence-corrected chi connectivity index (χ2v) is 5.85. The van der Waals surface area contributed by atoms with Gasteiger partial charge in [0.25, 0.3) is 5.56 Å². The van der Waals surface area contributed by atoms with Gasteiger partial charge in [-0.3, -0.25) is 13.9 Å². The fraction of sp³-hybridized carbons (Fsp3) is 0.333. The average Bonchev–Trinajstić information content (AvgIpc) is 2.51. The fourth-order valence-electron chi connectivity index (χ4n) is 1.96. The molecule has 0 saturated carbocycles. The standard InChI is InChI=1S/C15H18N2O3S/c1-16-12(8-14(19)17(2)15(16)20)9-21-10-13(18)11-6-4-3-5-7-11/h3-8,13,18H,9-10H2,1-2H3. The molecule has 5 nitrogen and oxygen atoms in total. The predicted octanol–water partition coefficient (Wildman–Crippen LogP) is 1.05. The zero-order valence-corrected chi connectivity index (χ0v) is 12.8. The van der Waals surface area contributed by atoms with Crippen LogP contribution >= 0.6 is 11.8 Å². The Morgan fingerprint density at radius 1 is 1.14 bits per heavy atom.